The molecule has 1 aliphatic heterocycles. The first kappa shape index (κ1) is 13.7. The maximum Gasteiger partial charge on any atom is 0.217 e. The molecule has 4 N–H and O–H groups in total. The quantitative estimate of drug-likeness (QED) is 0.477. The number of methoxy groups -OCH3 is 1. The standard InChI is InChI=1S/C9H17NO5S/c1-4(12)10-6-8(14)7(13)5(3-11)16-9(6)15-2/h5-9,11,13-14H,3H2,1-2H3,(H,10,12)/t5-,6-,7+,8+,9-/m0/s1. The monoisotopic (exact) mass is 251 g/mol. The van der Waals surface area contributed by atoms with Crippen molar-refractivity contribution in [1.82, 2.24) is 5.32 Å². The molecule has 0 aromatic heterocycles. The minimum atomic E-state index is -1.15. The van der Waals surface area contributed by atoms with Crippen molar-refractivity contribution in [2.24, 2.45) is 0 Å². The van der Waals surface area contributed by atoms with Crippen LogP contribution in [0.4, 0.5) is 0 Å². The van der Waals surface area contributed by atoms with Crippen LogP contribution in [0.3, 0.4) is 0 Å². The maximum atomic E-state index is 11.0. The van der Waals surface area contributed by atoms with Gasteiger partial charge in [-0.15, -0.1) is 11.8 Å². The van der Waals surface area contributed by atoms with Crippen molar-refractivity contribution in [2.45, 2.75) is 35.9 Å². The lowest BCUT2D eigenvalue weighted by molar-refractivity contribution is -0.123. The fraction of sp³-hybridized carbons (Fsp3) is 0.889. The molecule has 1 fully saturated rings. The lowest BCUT2D eigenvalue weighted by Crippen LogP contribution is -2.60. The largest absolute Gasteiger partial charge is 0.395 e. The number of amides is 1. The van der Waals surface area contributed by atoms with Gasteiger partial charge >= 0.3 is 0 Å². The average Bonchev–Trinajstić information content (AvgIpc) is 2.25. The minimum Gasteiger partial charge on any atom is -0.395 e. The molecule has 0 bridgehead atoms. The second kappa shape index (κ2) is 5.83. The van der Waals surface area contributed by atoms with Crippen LogP contribution in [0.2, 0.25) is 0 Å². The predicted molar refractivity (Wildman–Crippen MR) is 58.9 cm³/mol. The Morgan fingerprint density at radius 2 is 2.06 bits per heavy atom. The van der Waals surface area contributed by atoms with Crippen molar-refractivity contribution in [2.75, 3.05) is 13.7 Å². The zero-order valence-electron chi connectivity index (χ0n) is 9.16. The average molecular weight is 251 g/mol. The van der Waals surface area contributed by atoms with E-state index in [0.29, 0.717) is 0 Å². The molecule has 1 rings (SSSR count). The lowest BCUT2D eigenvalue weighted by atomic mass is 10.0. The van der Waals surface area contributed by atoms with Gasteiger partial charge in [0, 0.05) is 14.0 Å². The summed E-state index contributed by atoms with van der Waals surface area (Å²) in [6.07, 6.45) is -2.23. The Kier molecular flexibility index (Phi) is 5.00. The summed E-state index contributed by atoms with van der Waals surface area (Å²) >= 11 is 1.20. The first-order valence-corrected chi connectivity index (χ1v) is 5.88. The number of nitrogens with one attached hydrogen (secondary N) is 1. The molecule has 0 spiro atoms. The summed E-state index contributed by atoms with van der Waals surface area (Å²) in [6.45, 7) is 1.07. The molecular formula is C9H17NO5S. The van der Waals surface area contributed by atoms with Crippen molar-refractivity contribution >= 4 is 17.7 Å². The fourth-order valence-electron chi connectivity index (χ4n) is 1.67. The summed E-state index contributed by atoms with van der Waals surface area (Å²) in [4.78, 5) is 11.0. The topological polar surface area (TPSA) is 99.0 Å². The third kappa shape index (κ3) is 2.86. The fourth-order valence-corrected chi connectivity index (χ4v) is 2.93. The van der Waals surface area contributed by atoms with E-state index in [9.17, 15) is 15.0 Å². The third-order valence-corrected chi connectivity index (χ3v) is 4.01. The van der Waals surface area contributed by atoms with E-state index in [1.807, 2.05) is 0 Å². The summed E-state index contributed by atoms with van der Waals surface area (Å²) in [7, 11) is 1.45. The molecule has 6 nitrogen and oxygen atoms in total. The van der Waals surface area contributed by atoms with E-state index in [-0.39, 0.29) is 12.5 Å². The number of hydrogen-bond acceptors (Lipinski definition) is 6. The number of carbonyl (C=O) groups excluding carboxylic acids is 1. The van der Waals surface area contributed by atoms with Gasteiger partial charge in [-0.2, -0.15) is 0 Å². The molecule has 5 atom stereocenters. The van der Waals surface area contributed by atoms with E-state index in [2.05, 4.69) is 5.32 Å². The van der Waals surface area contributed by atoms with Crippen molar-refractivity contribution < 1.29 is 24.9 Å². The van der Waals surface area contributed by atoms with Gasteiger partial charge in [0.15, 0.2) is 0 Å². The van der Waals surface area contributed by atoms with E-state index in [1.165, 1.54) is 25.8 Å². The summed E-state index contributed by atoms with van der Waals surface area (Å²) in [5.41, 5.74) is -0.487. The van der Waals surface area contributed by atoms with Crippen LogP contribution in [-0.2, 0) is 9.53 Å². The number of rotatable bonds is 3. The number of hydrogen-bond donors (Lipinski definition) is 4. The Morgan fingerprint density at radius 3 is 2.50 bits per heavy atom. The Labute approximate surface area is 98.0 Å². The third-order valence-electron chi connectivity index (χ3n) is 2.48. The van der Waals surface area contributed by atoms with E-state index >= 15 is 0 Å². The Bertz CT molecular complexity index is 250. The molecule has 94 valence electrons. The number of thioether (sulfide) groups is 1. The lowest BCUT2D eigenvalue weighted by Gasteiger charge is -2.41. The molecule has 1 amide bonds. The molecule has 7 heteroatoms. The van der Waals surface area contributed by atoms with E-state index in [4.69, 9.17) is 9.84 Å². The summed E-state index contributed by atoms with van der Waals surface area (Å²) in [5.74, 6) is -0.304. The van der Waals surface area contributed by atoms with Gasteiger partial charge in [-0.3, -0.25) is 4.79 Å². The molecule has 1 heterocycles. The Hall–Kier alpha value is -0.340. The van der Waals surface area contributed by atoms with Crippen LogP contribution in [0.25, 0.3) is 0 Å². The van der Waals surface area contributed by atoms with Gasteiger partial charge in [0.25, 0.3) is 0 Å². The maximum absolute atomic E-state index is 11.0. The number of aliphatic hydroxyl groups excluding tert-OH is 3. The second-order valence-electron chi connectivity index (χ2n) is 3.67. The van der Waals surface area contributed by atoms with Crippen LogP contribution < -0.4 is 5.32 Å². The van der Waals surface area contributed by atoms with Crippen molar-refractivity contribution in [1.29, 1.82) is 0 Å². The van der Waals surface area contributed by atoms with E-state index in [1.54, 1.807) is 0 Å². The van der Waals surface area contributed by atoms with Gasteiger partial charge in [-0.1, -0.05) is 0 Å². The highest BCUT2D eigenvalue weighted by Gasteiger charge is 2.44. The van der Waals surface area contributed by atoms with Crippen LogP contribution >= 0.6 is 11.8 Å². The molecule has 0 saturated carbocycles. The first-order valence-electron chi connectivity index (χ1n) is 4.93. The molecule has 0 unspecified atom stereocenters. The highest BCUT2D eigenvalue weighted by atomic mass is 32.2. The van der Waals surface area contributed by atoms with Crippen molar-refractivity contribution in [3.05, 3.63) is 0 Å². The summed E-state index contributed by atoms with van der Waals surface area (Å²) in [5, 5.41) is 30.6. The minimum absolute atomic E-state index is 0.254. The molecule has 16 heavy (non-hydrogen) atoms. The highest BCUT2D eigenvalue weighted by Crippen LogP contribution is 2.32. The highest BCUT2D eigenvalue weighted by molar-refractivity contribution is 8.00. The van der Waals surface area contributed by atoms with Crippen molar-refractivity contribution in [3.63, 3.8) is 0 Å². The van der Waals surface area contributed by atoms with Gasteiger partial charge in [0.2, 0.25) is 5.91 Å². The van der Waals surface area contributed by atoms with Crippen LogP contribution in [0.15, 0.2) is 0 Å². The molecule has 0 radical (unpaired) electrons. The van der Waals surface area contributed by atoms with Gasteiger partial charge in [0.05, 0.1) is 24.0 Å². The molecule has 0 aliphatic carbocycles. The Morgan fingerprint density at radius 1 is 1.44 bits per heavy atom. The molecule has 0 aromatic carbocycles. The van der Waals surface area contributed by atoms with Crippen LogP contribution in [0.1, 0.15) is 6.92 Å². The summed E-state index contributed by atoms with van der Waals surface area (Å²) in [6, 6.07) is -0.676. The van der Waals surface area contributed by atoms with Gasteiger partial charge < -0.3 is 25.4 Å². The van der Waals surface area contributed by atoms with Gasteiger partial charge in [-0.25, -0.2) is 0 Å². The number of aliphatic hydroxyl groups is 3. The van der Waals surface area contributed by atoms with E-state index < -0.39 is 28.9 Å². The first-order chi connectivity index (χ1) is 7.51. The Balaban J connectivity index is 2.77. The van der Waals surface area contributed by atoms with Gasteiger partial charge in [0.1, 0.15) is 11.5 Å². The van der Waals surface area contributed by atoms with Crippen LogP contribution in [-0.4, -0.2) is 63.9 Å². The number of ether oxygens (including phenoxy) is 1. The van der Waals surface area contributed by atoms with Crippen LogP contribution in [0, 0.1) is 0 Å². The number of carbonyl (C=O) groups is 1. The molecule has 1 aliphatic rings. The second-order valence-corrected chi connectivity index (χ2v) is 5.01. The van der Waals surface area contributed by atoms with E-state index in [0.717, 1.165) is 0 Å². The zero-order valence-corrected chi connectivity index (χ0v) is 9.98. The van der Waals surface area contributed by atoms with Crippen molar-refractivity contribution in [3.8, 4) is 0 Å². The zero-order chi connectivity index (χ0) is 12.3. The summed E-state index contributed by atoms with van der Waals surface area (Å²) < 4.78 is 5.12. The molecule has 0 aromatic rings. The SMILES string of the molecule is CO[C@H]1S[C@@H](CO)[C@@H](O)[C@H](O)[C@@H]1NC(C)=O. The van der Waals surface area contributed by atoms with Gasteiger partial charge in [-0.05, 0) is 0 Å². The molecule has 1 saturated heterocycles. The van der Waals surface area contributed by atoms with Crippen LogP contribution in [0.5, 0.6) is 0 Å². The normalized spacial score (nSPS) is 39.4. The predicted octanol–water partition coefficient (Wildman–Crippen LogP) is -1.71. The smallest absolute Gasteiger partial charge is 0.217 e. The molecular weight excluding hydrogens is 234 g/mol.